The van der Waals surface area contributed by atoms with E-state index in [4.69, 9.17) is 9.15 Å². The van der Waals surface area contributed by atoms with Gasteiger partial charge in [0.15, 0.2) is 5.58 Å². The van der Waals surface area contributed by atoms with Crippen molar-refractivity contribution in [1.82, 2.24) is 15.0 Å². The second kappa shape index (κ2) is 8.93. The molecule has 3 aromatic carbocycles. The largest absolute Gasteiger partial charge is 0.497 e. The molecule has 0 aliphatic heterocycles. The zero-order valence-electron chi connectivity index (χ0n) is 16.8. The first-order chi connectivity index (χ1) is 15.0. The number of nitrogens with zero attached hydrogens (tertiary/aromatic N) is 1. The molecule has 0 aliphatic rings. The number of nitrogens with one attached hydrogen (secondary N) is 2. The number of carbonyl (C=O) groups excluding carboxylic acids is 2. The third kappa shape index (κ3) is 4.87. The van der Waals surface area contributed by atoms with E-state index < -0.39 is 11.9 Å². The molecular weight excluding hydrogens is 414 g/mol. The summed E-state index contributed by atoms with van der Waals surface area (Å²) in [5.41, 5.74) is 3.85. The summed E-state index contributed by atoms with van der Waals surface area (Å²) >= 11 is 1.10. The molecule has 0 saturated carbocycles. The highest BCUT2D eigenvalue weighted by molar-refractivity contribution is 7.98. The molecule has 1 aromatic heterocycles. The summed E-state index contributed by atoms with van der Waals surface area (Å²) in [6.45, 7) is 2.00. The maximum absolute atomic E-state index is 12.1. The van der Waals surface area contributed by atoms with E-state index in [9.17, 15) is 9.59 Å². The average molecular weight is 433 g/mol. The van der Waals surface area contributed by atoms with Crippen molar-refractivity contribution in [2.75, 3.05) is 7.11 Å². The second-order valence-corrected chi connectivity index (χ2v) is 7.61. The van der Waals surface area contributed by atoms with Gasteiger partial charge >= 0.3 is 6.03 Å². The fraction of sp³-hybridized carbons (Fsp3) is 0.0870. The molecular formula is C23H19N3O4S. The van der Waals surface area contributed by atoms with Gasteiger partial charge in [0.2, 0.25) is 5.89 Å². The van der Waals surface area contributed by atoms with E-state index in [2.05, 4.69) is 15.0 Å². The van der Waals surface area contributed by atoms with Gasteiger partial charge in [0.25, 0.3) is 5.91 Å². The normalized spacial score (nSPS) is 10.6. The van der Waals surface area contributed by atoms with Crippen molar-refractivity contribution < 1.29 is 18.7 Å². The van der Waals surface area contributed by atoms with Crippen molar-refractivity contribution in [3.8, 4) is 17.2 Å². The molecule has 2 N–H and O–H groups in total. The van der Waals surface area contributed by atoms with Crippen LogP contribution in [0.4, 0.5) is 4.79 Å². The minimum Gasteiger partial charge on any atom is -0.497 e. The Balaban J connectivity index is 1.34. The van der Waals surface area contributed by atoms with Crippen molar-refractivity contribution in [3.05, 3.63) is 77.9 Å². The van der Waals surface area contributed by atoms with Crippen LogP contribution >= 0.6 is 11.9 Å². The molecule has 0 spiro atoms. The molecule has 0 radical (unpaired) electrons. The summed E-state index contributed by atoms with van der Waals surface area (Å²) in [5.74, 6) is 0.670. The van der Waals surface area contributed by atoms with Crippen molar-refractivity contribution in [1.29, 1.82) is 0 Å². The van der Waals surface area contributed by atoms with Gasteiger partial charge in [-0.05, 0) is 85.1 Å². The number of methoxy groups -OCH3 is 1. The summed E-state index contributed by atoms with van der Waals surface area (Å²) in [4.78, 5) is 29.4. The number of amides is 3. The Hall–Kier alpha value is -3.78. The van der Waals surface area contributed by atoms with Gasteiger partial charge in [-0.15, -0.1) is 0 Å². The van der Waals surface area contributed by atoms with E-state index in [-0.39, 0.29) is 0 Å². The fourth-order valence-corrected chi connectivity index (χ4v) is 3.40. The van der Waals surface area contributed by atoms with Crippen molar-refractivity contribution in [3.63, 3.8) is 0 Å². The van der Waals surface area contributed by atoms with E-state index in [0.717, 1.165) is 39.1 Å². The Labute approximate surface area is 182 Å². The minimum atomic E-state index is -0.607. The molecule has 0 aliphatic carbocycles. The summed E-state index contributed by atoms with van der Waals surface area (Å²) in [5, 5.41) is 2.28. The van der Waals surface area contributed by atoms with Gasteiger partial charge in [-0.25, -0.2) is 9.78 Å². The van der Waals surface area contributed by atoms with Crippen molar-refractivity contribution >= 4 is 35.0 Å². The zero-order chi connectivity index (χ0) is 21.8. The molecule has 31 heavy (non-hydrogen) atoms. The van der Waals surface area contributed by atoms with Crippen LogP contribution in [-0.2, 0) is 0 Å². The smallest absolute Gasteiger partial charge is 0.331 e. The van der Waals surface area contributed by atoms with Gasteiger partial charge in [-0.2, -0.15) is 0 Å². The number of imide groups is 1. The van der Waals surface area contributed by atoms with Crippen LogP contribution in [0.2, 0.25) is 0 Å². The number of oxazole rings is 1. The molecule has 0 unspecified atom stereocenters. The van der Waals surface area contributed by atoms with E-state index in [1.807, 2.05) is 49.4 Å². The van der Waals surface area contributed by atoms with E-state index in [1.165, 1.54) is 0 Å². The van der Waals surface area contributed by atoms with Gasteiger partial charge in [-0.1, -0.05) is 6.07 Å². The second-order valence-electron chi connectivity index (χ2n) is 6.73. The Morgan fingerprint density at radius 3 is 2.45 bits per heavy atom. The quantitative estimate of drug-likeness (QED) is 0.432. The van der Waals surface area contributed by atoms with Gasteiger partial charge in [-0.3, -0.25) is 14.8 Å². The first kappa shape index (κ1) is 20.5. The van der Waals surface area contributed by atoms with Crippen molar-refractivity contribution in [2.24, 2.45) is 0 Å². The van der Waals surface area contributed by atoms with Gasteiger partial charge < -0.3 is 9.15 Å². The molecule has 0 fully saturated rings. The lowest BCUT2D eigenvalue weighted by Gasteiger charge is -2.07. The van der Waals surface area contributed by atoms with Crippen LogP contribution in [-0.4, -0.2) is 24.0 Å². The predicted molar refractivity (Wildman–Crippen MR) is 119 cm³/mol. The molecule has 8 heteroatoms. The van der Waals surface area contributed by atoms with Gasteiger partial charge in [0.05, 0.1) is 7.11 Å². The fourth-order valence-electron chi connectivity index (χ4n) is 2.87. The third-order valence-electron chi connectivity index (χ3n) is 4.49. The van der Waals surface area contributed by atoms with Crippen molar-refractivity contribution in [2.45, 2.75) is 11.8 Å². The van der Waals surface area contributed by atoms with E-state index in [1.54, 1.807) is 31.4 Å². The molecule has 0 saturated heterocycles. The topological polar surface area (TPSA) is 93.5 Å². The van der Waals surface area contributed by atoms with Crippen LogP contribution in [0.25, 0.3) is 22.6 Å². The summed E-state index contributed by atoms with van der Waals surface area (Å²) in [6, 6.07) is 19.1. The van der Waals surface area contributed by atoms with E-state index in [0.29, 0.717) is 17.2 Å². The molecule has 4 aromatic rings. The predicted octanol–water partition coefficient (Wildman–Crippen LogP) is 4.96. The highest BCUT2D eigenvalue weighted by atomic mass is 32.2. The highest BCUT2D eigenvalue weighted by Gasteiger charge is 2.11. The number of carbonyl (C=O) groups is 2. The van der Waals surface area contributed by atoms with Crippen LogP contribution in [0.5, 0.6) is 5.75 Å². The first-order valence-corrected chi connectivity index (χ1v) is 10.2. The number of rotatable bonds is 5. The maximum Gasteiger partial charge on any atom is 0.331 e. The number of benzene rings is 3. The van der Waals surface area contributed by atoms with Crippen LogP contribution in [0.15, 0.2) is 76.0 Å². The minimum absolute atomic E-state index is 0.360. The lowest BCUT2D eigenvalue weighted by Crippen LogP contribution is -2.36. The van der Waals surface area contributed by atoms with Crippen LogP contribution < -0.4 is 14.8 Å². The standard InChI is InChI=1S/C23H19N3O4S/c1-14-3-12-19-20(13-14)30-22(24-19)16-6-10-18(11-7-16)31-26-23(28)25-21(27)15-4-8-17(29-2)9-5-15/h3-13H,1-2H3,(H2,25,26,27,28). The van der Waals surface area contributed by atoms with Crippen LogP contribution in [0.1, 0.15) is 15.9 Å². The molecule has 4 rings (SSSR count). The summed E-state index contributed by atoms with van der Waals surface area (Å²) in [6.07, 6.45) is 0. The van der Waals surface area contributed by atoms with Crippen LogP contribution in [0, 0.1) is 6.92 Å². The summed E-state index contributed by atoms with van der Waals surface area (Å²) < 4.78 is 13.5. The number of hydrogen-bond acceptors (Lipinski definition) is 6. The molecule has 3 amide bonds. The summed E-state index contributed by atoms with van der Waals surface area (Å²) in [7, 11) is 1.54. The monoisotopic (exact) mass is 433 g/mol. The Bertz CT molecular complexity index is 1230. The Kier molecular flexibility index (Phi) is 5.90. The SMILES string of the molecule is COc1ccc(C(=O)NC(=O)NSc2ccc(-c3nc4ccc(C)cc4o3)cc2)cc1. The molecule has 1 heterocycles. The maximum atomic E-state index is 12.1. The number of aryl methyl sites for hydroxylation is 1. The zero-order valence-corrected chi connectivity index (χ0v) is 17.7. The molecule has 0 bridgehead atoms. The molecule has 156 valence electrons. The lowest BCUT2D eigenvalue weighted by molar-refractivity contribution is 0.0965. The van der Waals surface area contributed by atoms with Gasteiger partial charge in [0.1, 0.15) is 11.3 Å². The average Bonchev–Trinajstić information content (AvgIpc) is 3.21. The van der Waals surface area contributed by atoms with E-state index >= 15 is 0 Å². The number of ether oxygens (including phenoxy) is 1. The highest BCUT2D eigenvalue weighted by Crippen LogP contribution is 2.26. The number of aromatic nitrogens is 1. The first-order valence-electron chi connectivity index (χ1n) is 9.42. The molecule has 0 atom stereocenters. The Morgan fingerprint density at radius 2 is 1.74 bits per heavy atom. The molecule has 7 nitrogen and oxygen atoms in total. The lowest BCUT2D eigenvalue weighted by atomic mass is 10.2. The van der Waals surface area contributed by atoms with Crippen LogP contribution in [0.3, 0.4) is 0 Å². The third-order valence-corrected chi connectivity index (χ3v) is 5.28. The number of hydrogen-bond donors (Lipinski definition) is 2. The number of urea groups is 1. The van der Waals surface area contributed by atoms with Gasteiger partial charge in [0, 0.05) is 16.0 Å². The number of fused-ring (bicyclic) bond motifs is 1. The Morgan fingerprint density at radius 1 is 1.00 bits per heavy atom.